The van der Waals surface area contributed by atoms with E-state index in [0.29, 0.717) is 19.3 Å². The summed E-state index contributed by atoms with van der Waals surface area (Å²) in [5.41, 5.74) is 0. The number of ether oxygens (including phenoxy) is 1. The van der Waals surface area contributed by atoms with Crippen LogP contribution < -0.4 is 5.32 Å². The molecule has 2 aliphatic rings. The first-order chi connectivity index (χ1) is 6.29. The average Bonchev–Trinajstić information content (AvgIpc) is 2.51. The molecule has 2 rings (SSSR count). The number of likely N-dealkylation sites (N-methyl/N-ethyl adjacent to an activating group) is 1. The van der Waals surface area contributed by atoms with Crippen LogP contribution in [0.25, 0.3) is 0 Å². The van der Waals surface area contributed by atoms with Crippen molar-refractivity contribution in [2.45, 2.75) is 12.5 Å². The van der Waals surface area contributed by atoms with Gasteiger partial charge >= 0.3 is 0 Å². The van der Waals surface area contributed by atoms with Crippen LogP contribution >= 0.6 is 0 Å². The van der Waals surface area contributed by atoms with E-state index in [2.05, 4.69) is 5.32 Å². The zero-order valence-corrected chi connectivity index (χ0v) is 7.95. The topological polar surface area (TPSA) is 41.6 Å². The predicted molar refractivity (Wildman–Crippen MR) is 48.4 cm³/mol. The molecule has 2 saturated heterocycles. The highest BCUT2D eigenvalue weighted by Crippen LogP contribution is 2.16. The van der Waals surface area contributed by atoms with Gasteiger partial charge in [-0.05, 0) is 13.0 Å². The summed E-state index contributed by atoms with van der Waals surface area (Å²) >= 11 is 0. The van der Waals surface area contributed by atoms with Crippen LogP contribution in [-0.4, -0.2) is 50.2 Å². The second-order valence-electron chi connectivity index (χ2n) is 3.83. The molecule has 4 heteroatoms. The summed E-state index contributed by atoms with van der Waals surface area (Å²) in [6.07, 6.45) is 1.08. The highest BCUT2D eigenvalue weighted by Gasteiger charge is 2.32. The number of carbonyl (C=O) groups excluding carboxylic acids is 1. The van der Waals surface area contributed by atoms with E-state index >= 15 is 0 Å². The molecule has 2 aliphatic heterocycles. The van der Waals surface area contributed by atoms with Crippen LogP contribution in [0.3, 0.4) is 0 Å². The Balaban J connectivity index is 1.87. The van der Waals surface area contributed by atoms with Crippen LogP contribution in [0.2, 0.25) is 0 Å². The maximum Gasteiger partial charge on any atom is 0.230 e. The lowest BCUT2D eigenvalue weighted by Crippen LogP contribution is -2.47. The van der Waals surface area contributed by atoms with E-state index in [9.17, 15) is 4.79 Å². The summed E-state index contributed by atoms with van der Waals surface area (Å²) < 4.78 is 5.01. The van der Waals surface area contributed by atoms with Crippen molar-refractivity contribution >= 4 is 5.91 Å². The fourth-order valence-corrected chi connectivity index (χ4v) is 1.82. The lowest BCUT2D eigenvalue weighted by Gasteiger charge is -2.32. The number of hydrogen-bond donors (Lipinski definition) is 1. The summed E-state index contributed by atoms with van der Waals surface area (Å²) in [5, 5.41) is 3.26. The third-order valence-electron chi connectivity index (χ3n) is 2.92. The van der Waals surface area contributed by atoms with Gasteiger partial charge in [0.25, 0.3) is 0 Å². The SMILES string of the molecule is CN(C(=O)C1COC1)C1CCNC1. The number of nitrogens with one attached hydrogen (secondary N) is 1. The van der Waals surface area contributed by atoms with Gasteiger partial charge in [-0.3, -0.25) is 4.79 Å². The van der Waals surface area contributed by atoms with Gasteiger partial charge in [0.05, 0.1) is 19.1 Å². The van der Waals surface area contributed by atoms with Crippen molar-refractivity contribution < 1.29 is 9.53 Å². The number of hydrogen-bond acceptors (Lipinski definition) is 3. The molecule has 1 atom stereocenters. The third-order valence-corrected chi connectivity index (χ3v) is 2.92. The Labute approximate surface area is 78.2 Å². The molecule has 2 fully saturated rings. The molecule has 0 aromatic rings. The van der Waals surface area contributed by atoms with E-state index in [1.54, 1.807) is 0 Å². The van der Waals surface area contributed by atoms with E-state index in [-0.39, 0.29) is 11.8 Å². The molecule has 1 unspecified atom stereocenters. The van der Waals surface area contributed by atoms with Gasteiger partial charge in [-0.1, -0.05) is 0 Å². The average molecular weight is 184 g/mol. The van der Waals surface area contributed by atoms with E-state index in [4.69, 9.17) is 4.74 Å². The number of nitrogens with zero attached hydrogens (tertiary/aromatic N) is 1. The van der Waals surface area contributed by atoms with Gasteiger partial charge in [-0.2, -0.15) is 0 Å². The third kappa shape index (κ3) is 1.69. The minimum absolute atomic E-state index is 0.130. The first-order valence-corrected chi connectivity index (χ1v) is 4.84. The van der Waals surface area contributed by atoms with E-state index in [1.807, 2.05) is 11.9 Å². The van der Waals surface area contributed by atoms with Crippen molar-refractivity contribution in [2.24, 2.45) is 5.92 Å². The van der Waals surface area contributed by atoms with Crippen molar-refractivity contribution in [1.82, 2.24) is 10.2 Å². The van der Waals surface area contributed by atoms with Crippen molar-refractivity contribution in [3.63, 3.8) is 0 Å². The summed E-state index contributed by atoms with van der Waals surface area (Å²) in [5.74, 6) is 0.380. The Hall–Kier alpha value is -0.610. The zero-order chi connectivity index (χ0) is 9.26. The van der Waals surface area contributed by atoms with Crippen molar-refractivity contribution in [3.8, 4) is 0 Å². The minimum atomic E-state index is 0.130. The normalized spacial score (nSPS) is 28.5. The molecule has 1 N–H and O–H groups in total. The van der Waals surface area contributed by atoms with Crippen LogP contribution in [0.15, 0.2) is 0 Å². The highest BCUT2D eigenvalue weighted by molar-refractivity contribution is 5.79. The molecular formula is C9H16N2O2. The van der Waals surface area contributed by atoms with Gasteiger partial charge in [0.1, 0.15) is 0 Å². The Kier molecular flexibility index (Phi) is 2.51. The van der Waals surface area contributed by atoms with E-state index in [1.165, 1.54) is 0 Å². The molecule has 0 spiro atoms. The molecule has 0 radical (unpaired) electrons. The van der Waals surface area contributed by atoms with Crippen molar-refractivity contribution in [1.29, 1.82) is 0 Å². The quantitative estimate of drug-likeness (QED) is 0.626. The maximum absolute atomic E-state index is 11.7. The summed E-state index contributed by atoms with van der Waals surface area (Å²) in [6, 6.07) is 0.396. The van der Waals surface area contributed by atoms with Gasteiger partial charge in [0.2, 0.25) is 5.91 Å². The standard InChI is InChI=1S/C9H16N2O2/c1-11(8-2-3-10-4-8)9(12)7-5-13-6-7/h7-8,10H,2-6H2,1H3. The van der Waals surface area contributed by atoms with Crippen LogP contribution in [0.5, 0.6) is 0 Å². The molecule has 0 bridgehead atoms. The largest absolute Gasteiger partial charge is 0.380 e. The van der Waals surface area contributed by atoms with Gasteiger partial charge in [0, 0.05) is 19.6 Å². The lowest BCUT2D eigenvalue weighted by molar-refractivity contribution is -0.150. The Morgan fingerprint density at radius 1 is 1.54 bits per heavy atom. The van der Waals surface area contributed by atoms with Crippen molar-refractivity contribution in [3.05, 3.63) is 0 Å². The molecule has 0 aromatic carbocycles. The Morgan fingerprint density at radius 3 is 2.77 bits per heavy atom. The second kappa shape index (κ2) is 3.64. The van der Waals surface area contributed by atoms with Gasteiger partial charge in [0.15, 0.2) is 0 Å². The molecule has 74 valence electrons. The second-order valence-corrected chi connectivity index (χ2v) is 3.83. The van der Waals surface area contributed by atoms with Crippen molar-refractivity contribution in [2.75, 3.05) is 33.4 Å². The number of carbonyl (C=O) groups is 1. The van der Waals surface area contributed by atoms with Gasteiger partial charge in [-0.15, -0.1) is 0 Å². The summed E-state index contributed by atoms with van der Waals surface area (Å²) in [6.45, 7) is 3.20. The first kappa shape index (κ1) is 8.97. The first-order valence-electron chi connectivity index (χ1n) is 4.84. The molecule has 0 aliphatic carbocycles. The Bertz CT molecular complexity index is 198. The van der Waals surface area contributed by atoms with Crippen LogP contribution in [0, 0.1) is 5.92 Å². The fraction of sp³-hybridized carbons (Fsp3) is 0.889. The van der Waals surface area contributed by atoms with Gasteiger partial charge in [-0.25, -0.2) is 0 Å². The maximum atomic E-state index is 11.7. The summed E-state index contributed by atoms with van der Waals surface area (Å²) in [4.78, 5) is 13.6. The van der Waals surface area contributed by atoms with Crippen LogP contribution in [-0.2, 0) is 9.53 Å². The molecule has 1 amide bonds. The fourth-order valence-electron chi connectivity index (χ4n) is 1.82. The molecule has 0 aromatic heterocycles. The Morgan fingerprint density at radius 2 is 2.31 bits per heavy atom. The van der Waals surface area contributed by atoms with E-state index < -0.39 is 0 Å². The van der Waals surface area contributed by atoms with Crippen LogP contribution in [0.1, 0.15) is 6.42 Å². The van der Waals surface area contributed by atoms with E-state index in [0.717, 1.165) is 19.5 Å². The lowest BCUT2D eigenvalue weighted by atomic mass is 10.1. The molecule has 2 heterocycles. The minimum Gasteiger partial charge on any atom is -0.380 e. The molecule has 13 heavy (non-hydrogen) atoms. The van der Waals surface area contributed by atoms with Crippen LogP contribution in [0.4, 0.5) is 0 Å². The molecular weight excluding hydrogens is 168 g/mol. The molecule has 4 nitrogen and oxygen atoms in total. The van der Waals surface area contributed by atoms with Gasteiger partial charge < -0.3 is 15.0 Å². The number of rotatable bonds is 2. The monoisotopic (exact) mass is 184 g/mol. The smallest absolute Gasteiger partial charge is 0.230 e. The molecule has 0 saturated carbocycles. The summed E-state index contributed by atoms with van der Waals surface area (Å²) in [7, 11) is 1.90. The zero-order valence-electron chi connectivity index (χ0n) is 7.95. The predicted octanol–water partition coefficient (Wildman–Crippen LogP) is -0.547. The highest BCUT2D eigenvalue weighted by atomic mass is 16.5. The number of amides is 1.